The Morgan fingerprint density at radius 1 is 1.15 bits per heavy atom. The van der Waals surface area contributed by atoms with Gasteiger partial charge in [-0.3, -0.25) is 4.99 Å². The average molecular weight is 481 g/mol. The molecule has 1 aromatic heterocycles. The van der Waals surface area contributed by atoms with Crippen LogP contribution in [0.3, 0.4) is 0 Å². The van der Waals surface area contributed by atoms with E-state index in [1.807, 2.05) is 20.8 Å². The van der Waals surface area contributed by atoms with E-state index in [2.05, 4.69) is 46.7 Å². The molecule has 1 heterocycles. The van der Waals surface area contributed by atoms with Crippen molar-refractivity contribution in [3.63, 3.8) is 0 Å². The summed E-state index contributed by atoms with van der Waals surface area (Å²) in [5.41, 5.74) is -0.574. The Bertz CT molecular complexity index is 588. The van der Waals surface area contributed by atoms with Crippen LogP contribution in [0.1, 0.15) is 53.2 Å². The van der Waals surface area contributed by atoms with E-state index >= 15 is 0 Å². The van der Waals surface area contributed by atoms with Gasteiger partial charge in [0.2, 0.25) is 5.89 Å². The molecule has 1 rings (SSSR count). The number of alkyl carbamates (subject to hydrolysis) is 1. The lowest BCUT2D eigenvalue weighted by Gasteiger charge is -2.19. The standard InChI is InChI=1S/C17H31N5O3.HI/c1-16(2,3)12-10-21-13(24-12)11-22-14(18-7)19-8-9-20-15(23)25-17(4,5)6;/h10H,8-9,11H2,1-7H3,(H,20,23)(H2,18,19,22);1H. The van der Waals surface area contributed by atoms with Gasteiger partial charge in [0.1, 0.15) is 11.4 Å². The monoisotopic (exact) mass is 481 g/mol. The molecule has 0 fully saturated rings. The first-order valence-corrected chi connectivity index (χ1v) is 8.38. The molecule has 0 aromatic carbocycles. The number of halogens is 1. The van der Waals surface area contributed by atoms with Crippen molar-refractivity contribution in [3.05, 3.63) is 17.8 Å². The van der Waals surface area contributed by atoms with Crippen molar-refractivity contribution in [2.24, 2.45) is 4.99 Å². The number of oxazole rings is 1. The number of rotatable bonds is 5. The Labute approximate surface area is 173 Å². The number of amides is 1. The van der Waals surface area contributed by atoms with Crippen LogP contribution in [0.15, 0.2) is 15.6 Å². The summed E-state index contributed by atoms with van der Waals surface area (Å²) in [4.78, 5) is 19.9. The zero-order valence-corrected chi connectivity index (χ0v) is 19.1. The third-order valence-corrected chi connectivity index (χ3v) is 3.01. The van der Waals surface area contributed by atoms with Crippen LogP contribution in [0.25, 0.3) is 0 Å². The Morgan fingerprint density at radius 2 is 1.77 bits per heavy atom. The Hall–Kier alpha value is -1.52. The van der Waals surface area contributed by atoms with Gasteiger partial charge in [-0.1, -0.05) is 20.8 Å². The lowest BCUT2D eigenvalue weighted by atomic mass is 9.94. The zero-order chi connectivity index (χ0) is 19.1. The topological polar surface area (TPSA) is 101 Å². The molecule has 26 heavy (non-hydrogen) atoms. The summed E-state index contributed by atoms with van der Waals surface area (Å²) < 4.78 is 10.9. The second-order valence-corrected chi connectivity index (χ2v) is 7.65. The number of hydrogen-bond donors (Lipinski definition) is 3. The van der Waals surface area contributed by atoms with Crippen LogP contribution in [0.4, 0.5) is 4.79 Å². The molecule has 1 aromatic rings. The molecule has 1 amide bonds. The summed E-state index contributed by atoms with van der Waals surface area (Å²) in [6.45, 7) is 13.0. The number of aromatic nitrogens is 1. The molecule has 0 saturated carbocycles. The maximum atomic E-state index is 11.5. The van der Waals surface area contributed by atoms with Gasteiger partial charge in [-0.05, 0) is 20.8 Å². The molecule has 0 aliphatic rings. The first kappa shape index (κ1) is 24.5. The molecule has 150 valence electrons. The van der Waals surface area contributed by atoms with Gasteiger partial charge in [0.15, 0.2) is 5.96 Å². The molecular weight excluding hydrogens is 449 g/mol. The van der Waals surface area contributed by atoms with Gasteiger partial charge in [-0.25, -0.2) is 9.78 Å². The molecule has 8 nitrogen and oxygen atoms in total. The molecular formula is C17H32IN5O3. The van der Waals surface area contributed by atoms with Gasteiger partial charge < -0.3 is 25.1 Å². The predicted molar refractivity (Wildman–Crippen MR) is 113 cm³/mol. The molecule has 0 atom stereocenters. The van der Waals surface area contributed by atoms with Crippen LogP contribution in [0.2, 0.25) is 0 Å². The maximum absolute atomic E-state index is 11.5. The van der Waals surface area contributed by atoms with Gasteiger partial charge in [-0.2, -0.15) is 0 Å². The van der Waals surface area contributed by atoms with Crippen LogP contribution in [-0.4, -0.2) is 42.8 Å². The van der Waals surface area contributed by atoms with E-state index in [4.69, 9.17) is 9.15 Å². The van der Waals surface area contributed by atoms with E-state index < -0.39 is 11.7 Å². The van der Waals surface area contributed by atoms with E-state index in [0.717, 1.165) is 5.76 Å². The van der Waals surface area contributed by atoms with Crippen molar-refractivity contribution in [1.82, 2.24) is 20.9 Å². The van der Waals surface area contributed by atoms with Gasteiger partial charge in [0.05, 0.1) is 12.7 Å². The van der Waals surface area contributed by atoms with Gasteiger partial charge in [0.25, 0.3) is 0 Å². The quantitative estimate of drug-likeness (QED) is 0.259. The van der Waals surface area contributed by atoms with Crippen molar-refractivity contribution >= 4 is 36.0 Å². The molecule has 9 heteroatoms. The zero-order valence-electron chi connectivity index (χ0n) is 16.7. The smallest absolute Gasteiger partial charge is 0.407 e. The van der Waals surface area contributed by atoms with Crippen molar-refractivity contribution in [1.29, 1.82) is 0 Å². The highest BCUT2D eigenvalue weighted by Crippen LogP contribution is 2.22. The minimum atomic E-state index is -0.503. The highest BCUT2D eigenvalue weighted by atomic mass is 127. The Balaban J connectivity index is 0.00000625. The largest absolute Gasteiger partial charge is 0.444 e. The van der Waals surface area contributed by atoms with Crippen LogP contribution in [-0.2, 0) is 16.7 Å². The number of nitrogens with one attached hydrogen (secondary N) is 3. The molecule has 0 aliphatic carbocycles. The first-order chi connectivity index (χ1) is 11.5. The number of hydrogen-bond acceptors (Lipinski definition) is 5. The van der Waals surface area contributed by atoms with Crippen LogP contribution < -0.4 is 16.0 Å². The molecule has 3 N–H and O–H groups in total. The highest BCUT2D eigenvalue weighted by Gasteiger charge is 2.19. The molecule has 0 radical (unpaired) electrons. The number of ether oxygens (including phenoxy) is 1. The molecule has 0 unspecified atom stereocenters. The summed E-state index contributed by atoms with van der Waals surface area (Å²) in [5.74, 6) is 2.04. The SMILES string of the molecule is CN=C(NCCNC(=O)OC(C)(C)C)NCc1ncc(C(C)(C)C)o1.I. The third kappa shape index (κ3) is 9.83. The van der Waals surface area contributed by atoms with Crippen molar-refractivity contribution < 1.29 is 13.9 Å². The first-order valence-electron chi connectivity index (χ1n) is 8.38. The van der Waals surface area contributed by atoms with E-state index in [1.54, 1.807) is 13.2 Å². The number of carbonyl (C=O) groups is 1. The van der Waals surface area contributed by atoms with Gasteiger partial charge in [-0.15, -0.1) is 24.0 Å². The van der Waals surface area contributed by atoms with Crippen molar-refractivity contribution in [2.75, 3.05) is 20.1 Å². The van der Waals surface area contributed by atoms with E-state index in [0.29, 0.717) is 31.5 Å². The van der Waals surface area contributed by atoms with Crippen molar-refractivity contribution in [2.45, 2.75) is 59.1 Å². The van der Waals surface area contributed by atoms with Crippen LogP contribution >= 0.6 is 24.0 Å². The summed E-state index contributed by atoms with van der Waals surface area (Å²) in [6, 6.07) is 0. The second kappa shape index (κ2) is 10.6. The summed E-state index contributed by atoms with van der Waals surface area (Å²) >= 11 is 0. The van der Waals surface area contributed by atoms with E-state index in [1.165, 1.54) is 0 Å². The third-order valence-electron chi connectivity index (χ3n) is 3.01. The fourth-order valence-electron chi connectivity index (χ4n) is 1.78. The summed E-state index contributed by atoms with van der Waals surface area (Å²) in [5, 5.41) is 8.88. The van der Waals surface area contributed by atoms with Crippen LogP contribution in [0.5, 0.6) is 0 Å². The van der Waals surface area contributed by atoms with Gasteiger partial charge >= 0.3 is 6.09 Å². The normalized spacial score (nSPS) is 12.2. The fraction of sp³-hybridized carbons (Fsp3) is 0.706. The minimum Gasteiger partial charge on any atom is -0.444 e. The number of carbonyl (C=O) groups excluding carboxylic acids is 1. The molecule has 0 saturated heterocycles. The van der Waals surface area contributed by atoms with Gasteiger partial charge in [0, 0.05) is 25.6 Å². The second-order valence-electron chi connectivity index (χ2n) is 7.65. The Kier molecular flexibility index (Phi) is 9.97. The summed E-state index contributed by atoms with van der Waals surface area (Å²) in [7, 11) is 1.67. The number of aliphatic imine (C=N–C) groups is 1. The van der Waals surface area contributed by atoms with Crippen LogP contribution in [0, 0.1) is 0 Å². The molecule has 0 bridgehead atoms. The predicted octanol–water partition coefficient (Wildman–Crippen LogP) is 2.78. The fourth-order valence-corrected chi connectivity index (χ4v) is 1.78. The number of guanidine groups is 1. The molecule has 0 spiro atoms. The minimum absolute atomic E-state index is 0. The molecule has 0 aliphatic heterocycles. The lowest BCUT2D eigenvalue weighted by Crippen LogP contribution is -2.42. The summed E-state index contributed by atoms with van der Waals surface area (Å²) in [6.07, 6.45) is 1.31. The number of nitrogens with zero attached hydrogens (tertiary/aromatic N) is 2. The van der Waals surface area contributed by atoms with Crippen molar-refractivity contribution in [3.8, 4) is 0 Å². The van der Waals surface area contributed by atoms with E-state index in [9.17, 15) is 4.79 Å². The van der Waals surface area contributed by atoms with E-state index in [-0.39, 0.29) is 29.4 Å². The average Bonchev–Trinajstić information content (AvgIpc) is 2.93. The Morgan fingerprint density at radius 3 is 2.27 bits per heavy atom. The highest BCUT2D eigenvalue weighted by molar-refractivity contribution is 14.0. The lowest BCUT2D eigenvalue weighted by molar-refractivity contribution is 0.0529. The maximum Gasteiger partial charge on any atom is 0.407 e.